The Bertz CT molecular complexity index is 539. The molecule has 1 aliphatic rings. The van der Waals surface area contributed by atoms with Crippen LogP contribution in [0, 0.1) is 5.92 Å². The molecule has 1 atom stereocenters. The van der Waals surface area contributed by atoms with Crippen molar-refractivity contribution in [1.82, 2.24) is 10.2 Å². The molecule has 1 aromatic heterocycles. The molecule has 2 amide bonds. The molecular formula is C15H20N2O3S. The highest BCUT2D eigenvalue weighted by atomic mass is 32.1. The van der Waals surface area contributed by atoms with E-state index in [1.807, 2.05) is 17.0 Å². The maximum absolute atomic E-state index is 12.1. The van der Waals surface area contributed by atoms with Crippen LogP contribution < -0.4 is 5.32 Å². The summed E-state index contributed by atoms with van der Waals surface area (Å²) < 4.78 is 0. The highest BCUT2D eigenvalue weighted by Gasteiger charge is 2.20. The van der Waals surface area contributed by atoms with Gasteiger partial charge in [-0.3, -0.25) is 0 Å². The van der Waals surface area contributed by atoms with Gasteiger partial charge in [0.25, 0.3) is 0 Å². The monoisotopic (exact) mass is 308 g/mol. The van der Waals surface area contributed by atoms with E-state index >= 15 is 0 Å². The van der Waals surface area contributed by atoms with Gasteiger partial charge in [0.1, 0.15) is 0 Å². The van der Waals surface area contributed by atoms with Crippen molar-refractivity contribution in [2.24, 2.45) is 5.92 Å². The van der Waals surface area contributed by atoms with Crippen LogP contribution in [0.4, 0.5) is 4.79 Å². The predicted octanol–water partition coefficient (Wildman–Crippen LogP) is 2.79. The second kappa shape index (κ2) is 7.26. The van der Waals surface area contributed by atoms with E-state index in [-0.39, 0.29) is 6.03 Å². The Labute approximate surface area is 128 Å². The molecule has 0 aliphatic carbocycles. The van der Waals surface area contributed by atoms with E-state index in [0.29, 0.717) is 12.5 Å². The predicted molar refractivity (Wildman–Crippen MR) is 83.2 cm³/mol. The number of carboxylic acids is 1. The summed E-state index contributed by atoms with van der Waals surface area (Å²) in [4.78, 5) is 26.3. The maximum atomic E-state index is 12.1. The Hall–Kier alpha value is -1.82. The molecule has 1 fully saturated rings. The number of nitrogens with zero attached hydrogens (tertiary/aromatic N) is 1. The van der Waals surface area contributed by atoms with Crippen LogP contribution in [-0.2, 0) is 11.3 Å². The topological polar surface area (TPSA) is 69.6 Å². The average molecular weight is 308 g/mol. The van der Waals surface area contributed by atoms with Gasteiger partial charge in [0, 0.05) is 28.9 Å². The van der Waals surface area contributed by atoms with Crippen LogP contribution in [0.5, 0.6) is 0 Å². The second-order valence-electron chi connectivity index (χ2n) is 5.33. The molecule has 2 heterocycles. The van der Waals surface area contributed by atoms with Crippen LogP contribution in [0.25, 0.3) is 6.08 Å². The van der Waals surface area contributed by atoms with Crippen LogP contribution in [0.3, 0.4) is 0 Å². The van der Waals surface area contributed by atoms with Crippen molar-refractivity contribution in [2.75, 3.05) is 13.1 Å². The highest BCUT2D eigenvalue weighted by molar-refractivity contribution is 7.12. The van der Waals surface area contributed by atoms with Crippen molar-refractivity contribution in [3.8, 4) is 0 Å². The quantitative estimate of drug-likeness (QED) is 0.840. The number of piperidine rings is 1. The zero-order chi connectivity index (χ0) is 15.2. The van der Waals surface area contributed by atoms with Gasteiger partial charge in [-0.2, -0.15) is 0 Å². The van der Waals surface area contributed by atoms with E-state index in [2.05, 4.69) is 12.2 Å². The van der Waals surface area contributed by atoms with Crippen LogP contribution in [0.15, 0.2) is 18.2 Å². The molecule has 2 N–H and O–H groups in total. The number of nitrogens with one attached hydrogen (secondary N) is 1. The summed E-state index contributed by atoms with van der Waals surface area (Å²) in [5.41, 5.74) is 0. The summed E-state index contributed by atoms with van der Waals surface area (Å²) in [6.07, 6.45) is 4.93. The molecule has 2 rings (SSSR count). The van der Waals surface area contributed by atoms with Gasteiger partial charge in [-0.15, -0.1) is 11.3 Å². The van der Waals surface area contributed by atoms with E-state index < -0.39 is 5.97 Å². The minimum atomic E-state index is -0.961. The molecule has 0 aromatic carbocycles. The van der Waals surface area contributed by atoms with Crippen LogP contribution in [-0.4, -0.2) is 35.1 Å². The van der Waals surface area contributed by atoms with Gasteiger partial charge in [-0.05, 0) is 37.0 Å². The molecule has 1 unspecified atom stereocenters. The first kappa shape index (κ1) is 15.6. The number of hydrogen-bond donors (Lipinski definition) is 2. The molecule has 0 spiro atoms. The third-order valence-corrected chi connectivity index (χ3v) is 4.48. The van der Waals surface area contributed by atoms with Gasteiger partial charge in [0.05, 0.1) is 6.54 Å². The number of carbonyl (C=O) groups excluding carboxylic acids is 1. The molecule has 0 radical (unpaired) electrons. The third kappa shape index (κ3) is 4.90. The third-order valence-electron chi connectivity index (χ3n) is 3.43. The van der Waals surface area contributed by atoms with E-state index in [0.717, 1.165) is 35.3 Å². The molecule has 6 heteroatoms. The number of likely N-dealkylation sites (tertiary alicyclic amines) is 1. The number of thiophene rings is 1. The molecular weight excluding hydrogens is 288 g/mol. The fourth-order valence-corrected chi connectivity index (χ4v) is 3.24. The molecule has 114 valence electrons. The first-order valence-electron chi connectivity index (χ1n) is 7.07. The van der Waals surface area contributed by atoms with Crippen molar-refractivity contribution in [2.45, 2.75) is 26.3 Å². The zero-order valence-electron chi connectivity index (χ0n) is 12.0. The van der Waals surface area contributed by atoms with Gasteiger partial charge in [0.2, 0.25) is 0 Å². The van der Waals surface area contributed by atoms with Gasteiger partial charge in [-0.1, -0.05) is 6.92 Å². The number of carboxylic acid groups (broad SMARTS) is 1. The van der Waals surface area contributed by atoms with Gasteiger partial charge in [0.15, 0.2) is 0 Å². The van der Waals surface area contributed by atoms with Crippen molar-refractivity contribution >= 4 is 29.4 Å². The average Bonchev–Trinajstić information content (AvgIpc) is 2.90. The number of aliphatic carboxylic acids is 1. The van der Waals surface area contributed by atoms with Crippen LogP contribution >= 0.6 is 11.3 Å². The molecule has 0 saturated carbocycles. The normalized spacial score (nSPS) is 18.9. The number of hydrogen-bond acceptors (Lipinski definition) is 3. The first-order chi connectivity index (χ1) is 10.0. The van der Waals surface area contributed by atoms with Crippen molar-refractivity contribution in [3.63, 3.8) is 0 Å². The lowest BCUT2D eigenvalue weighted by Gasteiger charge is -2.30. The maximum Gasteiger partial charge on any atom is 0.328 e. The lowest BCUT2D eigenvalue weighted by molar-refractivity contribution is -0.131. The van der Waals surface area contributed by atoms with E-state index in [1.54, 1.807) is 6.08 Å². The molecule has 1 aliphatic heterocycles. The summed E-state index contributed by atoms with van der Waals surface area (Å²) in [7, 11) is 0. The number of carbonyl (C=O) groups is 2. The highest BCUT2D eigenvalue weighted by Crippen LogP contribution is 2.18. The van der Waals surface area contributed by atoms with Crippen molar-refractivity contribution in [1.29, 1.82) is 0 Å². The standard InChI is InChI=1S/C15H20N2O3S/c1-11-3-2-8-17(10-11)15(20)16-9-13-5-4-12(21-13)6-7-14(18)19/h4-7,11H,2-3,8-10H2,1H3,(H,16,20)(H,18,19). The lowest BCUT2D eigenvalue weighted by atomic mass is 10.0. The number of urea groups is 1. The zero-order valence-corrected chi connectivity index (χ0v) is 12.9. The van der Waals surface area contributed by atoms with Gasteiger partial charge < -0.3 is 15.3 Å². The Morgan fingerprint density at radius 3 is 3.05 bits per heavy atom. The van der Waals surface area contributed by atoms with Gasteiger partial charge in [-0.25, -0.2) is 9.59 Å². The van der Waals surface area contributed by atoms with E-state index in [9.17, 15) is 9.59 Å². The second-order valence-corrected chi connectivity index (χ2v) is 6.53. The first-order valence-corrected chi connectivity index (χ1v) is 7.88. The Kier molecular flexibility index (Phi) is 5.38. The Balaban J connectivity index is 1.82. The summed E-state index contributed by atoms with van der Waals surface area (Å²) >= 11 is 1.48. The summed E-state index contributed by atoms with van der Waals surface area (Å²) in [6.45, 7) is 4.30. The van der Waals surface area contributed by atoms with Crippen LogP contribution in [0.1, 0.15) is 29.5 Å². The summed E-state index contributed by atoms with van der Waals surface area (Å²) in [5, 5.41) is 11.5. The number of amides is 2. The fraction of sp³-hybridized carbons (Fsp3) is 0.467. The minimum Gasteiger partial charge on any atom is -0.478 e. The molecule has 1 saturated heterocycles. The van der Waals surface area contributed by atoms with Crippen molar-refractivity contribution < 1.29 is 14.7 Å². The minimum absolute atomic E-state index is 0.0161. The van der Waals surface area contributed by atoms with E-state index in [4.69, 9.17) is 5.11 Å². The molecule has 1 aromatic rings. The fourth-order valence-electron chi connectivity index (χ4n) is 2.38. The van der Waals surface area contributed by atoms with Crippen LogP contribution in [0.2, 0.25) is 0 Å². The molecule has 5 nitrogen and oxygen atoms in total. The number of rotatable bonds is 4. The largest absolute Gasteiger partial charge is 0.478 e. The molecule has 0 bridgehead atoms. The summed E-state index contributed by atoms with van der Waals surface area (Å²) in [6, 6.07) is 3.75. The van der Waals surface area contributed by atoms with E-state index in [1.165, 1.54) is 17.8 Å². The van der Waals surface area contributed by atoms with Crippen molar-refractivity contribution in [3.05, 3.63) is 28.0 Å². The smallest absolute Gasteiger partial charge is 0.328 e. The molecule has 21 heavy (non-hydrogen) atoms. The summed E-state index contributed by atoms with van der Waals surface area (Å²) in [5.74, 6) is -0.392. The Morgan fingerprint density at radius 2 is 2.33 bits per heavy atom. The Morgan fingerprint density at radius 1 is 1.52 bits per heavy atom. The van der Waals surface area contributed by atoms with Gasteiger partial charge >= 0.3 is 12.0 Å². The SMILES string of the molecule is CC1CCCN(C(=O)NCc2ccc(C=CC(=O)O)s2)C1. The lowest BCUT2D eigenvalue weighted by Crippen LogP contribution is -2.44.